The lowest BCUT2D eigenvalue weighted by Crippen LogP contribution is -2.33. The number of carbonyl (C=O) groups is 1. The summed E-state index contributed by atoms with van der Waals surface area (Å²) in [4.78, 5) is 10.3. The maximum absolute atomic E-state index is 10.3. The molecule has 17 heavy (non-hydrogen) atoms. The Labute approximate surface area is 99.7 Å². The van der Waals surface area contributed by atoms with Gasteiger partial charge in [0.1, 0.15) is 12.5 Å². The third-order valence-electron chi connectivity index (χ3n) is 1.64. The number of aliphatic hydroxyl groups excluding tert-OH is 2. The highest BCUT2D eigenvalue weighted by molar-refractivity contribution is 5.87. The maximum Gasteiger partial charge on any atom is 0.335 e. The predicted molar refractivity (Wildman–Crippen MR) is 64.3 cm³/mol. The van der Waals surface area contributed by atoms with Crippen molar-refractivity contribution in [3.63, 3.8) is 0 Å². The number of aromatic carboxylic acids is 1. The average Bonchev–Trinajstić information content (AvgIpc) is 2.16. The first-order chi connectivity index (χ1) is 7.82. The van der Waals surface area contributed by atoms with Crippen LogP contribution in [-0.2, 0) is 0 Å². The van der Waals surface area contributed by atoms with Gasteiger partial charge in [0.15, 0.2) is 0 Å². The van der Waals surface area contributed by atoms with Crippen LogP contribution in [0.4, 0.5) is 5.69 Å². The van der Waals surface area contributed by atoms with Crippen LogP contribution in [-0.4, -0.2) is 33.7 Å². The van der Waals surface area contributed by atoms with Gasteiger partial charge in [-0.1, -0.05) is 0 Å². The smallest absolute Gasteiger partial charge is 0.335 e. The van der Waals surface area contributed by atoms with Crippen molar-refractivity contribution in [1.29, 1.82) is 0 Å². The van der Waals surface area contributed by atoms with Crippen molar-refractivity contribution in [3.8, 4) is 0 Å². The Morgan fingerprint density at radius 3 is 1.82 bits per heavy atom. The Morgan fingerprint density at radius 1 is 1.18 bits per heavy atom. The molecule has 0 saturated carbocycles. The Balaban J connectivity index is 0.000000325. The van der Waals surface area contributed by atoms with Gasteiger partial charge in [-0.2, -0.15) is 0 Å². The standard InChI is InChI=1S/C7H7NO2.C4H11NO2/c8-6-3-1-5(2-4-6)7(9)10;1-3(6)5-4(2)7/h1-4H,8H2,(H,9,10);3-7H,1-2H3. The van der Waals surface area contributed by atoms with Crippen LogP contribution in [0, 0.1) is 0 Å². The Morgan fingerprint density at radius 2 is 1.59 bits per heavy atom. The summed E-state index contributed by atoms with van der Waals surface area (Å²) in [7, 11) is 0. The zero-order valence-corrected chi connectivity index (χ0v) is 9.79. The van der Waals surface area contributed by atoms with E-state index in [1.165, 1.54) is 12.1 Å². The molecule has 0 saturated heterocycles. The van der Waals surface area contributed by atoms with Crippen LogP contribution in [0.25, 0.3) is 0 Å². The third kappa shape index (κ3) is 8.21. The van der Waals surface area contributed by atoms with Crippen molar-refractivity contribution in [2.75, 3.05) is 5.73 Å². The molecule has 0 bridgehead atoms. The lowest BCUT2D eigenvalue weighted by Gasteiger charge is -2.08. The lowest BCUT2D eigenvalue weighted by atomic mass is 10.2. The number of benzene rings is 1. The number of anilines is 1. The first kappa shape index (κ1) is 15.4. The summed E-state index contributed by atoms with van der Waals surface area (Å²) in [6, 6.07) is 6.06. The molecule has 0 radical (unpaired) electrons. The molecule has 1 aromatic rings. The minimum absolute atomic E-state index is 0.259. The van der Waals surface area contributed by atoms with E-state index in [4.69, 9.17) is 21.1 Å². The summed E-state index contributed by atoms with van der Waals surface area (Å²) < 4.78 is 0. The van der Waals surface area contributed by atoms with Gasteiger partial charge >= 0.3 is 5.97 Å². The first-order valence-electron chi connectivity index (χ1n) is 5.04. The highest BCUT2D eigenvalue weighted by Crippen LogP contribution is 2.04. The molecule has 0 aliphatic rings. The van der Waals surface area contributed by atoms with Crippen molar-refractivity contribution >= 4 is 11.7 Å². The van der Waals surface area contributed by atoms with Crippen LogP contribution >= 0.6 is 0 Å². The molecule has 1 aromatic carbocycles. The summed E-state index contributed by atoms with van der Waals surface area (Å²) >= 11 is 0. The van der Waals surface area contributed by atoms with Crippen LogP contribution < -0.4 is 11.1 Å². The first-order valence-corrected chi connectivity index (χ1v) is 5.04. The second-order valence-corrected chi connectivity index (χ2v) is 3.45. The molecule has 96 valence electrons. The van der Waals surface area contributed by atoms with E-state index in [0.29, 0.717) is 5.69 Å². The largest absolute Gasteiger partial charge is 0.478 e. The quantitative estimate of drug-likeness (QED) is 0.382. The molecule has 6 heteroatoms. The molecule has 0 aliphatic carbocycles. The van der Waals surface area contributed by atoms with Gasteiger partial charge in [0.2, 0.25) is 0 Å². The molecule has 2 unspecified atom stereocenters. The van der Waals surface area contributed by atoms with E-state index < -0.39 is 18.4 Å². The fourth-order valence-corrected chi connectivity index (χ4v) is 0.975. The number of hydrogen-bond acceptors (Lipinski definition) is 5. The molecule has 0 heterocycles. The molecule has 0 fully saturated rings. The van der Waals surface area contributed by atoms with E-state index in [1.807, 2.05) is 0 Å². The van der Waals surface area contributed by atoms with Crippen LogP contribution in [0.3, 0.4) is 0 Å². The van der Waals surface area contributed by atoms with Gasteiger partial charge in [-0.05, 0) is 38.1 Å². The van der Waals surface area contributed by atoms with E-state index in [2.05, 4.69) is 5.32 Å². The predicted octanol–water partition coefficient (Wildman–Crippen LogP) is 0.220. The molecule has 0 amide bonds. The third-order valence-corrected chi connectivity index (χ3v) is 1.64. The number of carboxylic acids is 1. The second kappa shape index (κ2) is 7.61. The van der Waals surface area contributed by atoms with Gasteiger partial charge in [0.05, 0.1) is 5.56 Å². The number of rotatable bonds is 3. The van der Waals surface area contributed by atoms with E-state index in [0.717, 1.165) is 0 Å². The molecule has 2 atom stereocenters. The SMILES string of the molecule is CC(O)NC(C)O.Nc1ccc(C(=O)O)cc1. The highest BCUT2D eigenvalue weighted by Gasteiger charge is 1.98. The summed E-state index contributed by atoms with van der Waals surface area (Å²) in [6.07, 6.45) is -1.25. The minimum atomic E-state index is -0.931. The number of aliphatic hydroxyl groups is 2. The normalized spacial score (nSPS) is 13.2. The molecular weight excluding hydrogens is 224 g/mol. The van der Waals surface area contributed by atoms with E-state index >= 15 is 0 Å². The second-order valence-electron chi connectivity index (χ2n) is 3.45. The summed E-state index contributed by atoms with van der Waals surface area (Å²) in [5, 5.41) is 27.8. The number of nitrogen functional groups attached to an aromatic ring is 1. The van der Waals surface area contributed by atoms with Crippen LogP contribution in [0.1, 0.15) is 24.2 Å². The van der Waals surface area contributed by atoms with Crippen molar-refractivity contribution < 1.29 is 20.1 Å². The summed E-state index contributed by atoms with van der Waals surface area (Å²) in [5.74, 6) is -0.931. The fourth-order valence-electron chi connectivity index (χ4n) is 0.975. The molecule has 6 N–H and O–H groups in total. The Bertz CT molecular complexity index is 330. The monoisotopic (exact) mass is 242 g/mol. The van der Waals surface area contributed by atoms with E-state index in [1.54, 1.807) is 26.0 Å². The minimum Gasteiger partial charge on any atom is -0.478 e. The van der Waals surface area contributed by atoms with Crippen molar-refractivity contribution in [1.82, 2.24) is 5.32 Å². The highest BCUT2D eigenvalue weighted by atomic mass is 16.4. The average molecular weight is 242 g/mol. The van der Waals surface area contributed by atoms with Gasteiger partial charge in [0.25, 0.3) is 0 Å². The van der Waals surface area contributed by atoms with Gasteiger partial charge in [-0.15, -0.1) is 0 Å². The zero-order chi connectivity index (χ0) is 13.4. The van der Waals surface area contributed by atoms with E-state index in [9.17, 15) is 4.79 Å². The van der Waals surface area contributed by atoms with Gasteiger partial charge in [-0.3, -0.25) is 5.32 Å². The molecule has 0 aromatic heterocycles. The topological polar surface area (TPSA) is 116 Å². The van der Waals surface area contributed by atoms with Gasteiger partial charge in [0, 0.05) is 5.69 Å². The number of nitrogens with one attached hydrogen (secondary N) is 1. The van der Waals surface area contributed by atoms with Crippen molar-refractivity contribution in [2.24, 2.45) is 0 Å². The maximum atomic E-state index is 10.3. The Kier molecular flexibility index (Phi) is 6.88. The van der Waals surface area contributed by atoms with Crippen LogP contribution in [0.5, 0.6) is 0 Å². The number of nitrogens with two attached hydrogens (primary N) is 1. The van der Waals surface area contributed by atoms with Crippen LogP contribution in [0.2, 0.25) is 0 Å². The molecule has 0 spiro atoms. The van der Waals surface area contributed by atoms with Crippen molar-refractivity contribution in [2.45, 2.75) is 26.3 Å². The fraction of sp³-hybridized carbons (Fsp3) is 0.364. The molecule has 0 aliphatic heterocycles. The zero-order valence-electron chi connectivity index (χ0n) is 9.79. The van der Waals surface area contributed by atoms with E-state index in [-0.39, 0.29) is 5.56 Å². The number of hydrogen-bond donors (Lipinski definition) is 5. The Hall–Kier alpha value is -1.63. The molecule has 6 nitrogen and oxygen atoms in total. The molecular formula is C11H18N2O4. The summed E-state index contributed by atoms with van der Waals surface area (Å²) in [6.45, 7) is 3.10. The van der Waals surface area contributed by atoms with Gasteiger partial charge < -0.3 is 21.1 Å². The number of carboxylic acid groups (broad SMARTS) is 1. The van der Waals surface area contributed by atoms with Crippen LogP contribution in [0.15, 0.2) is 24.3 Å². The summed E-state index contributed by atoms with van der Waals surface area (Å²) in [5.41, 5.74) is 6.17. The van der Waals surface area contributed by atoms with Gasteiger partial charge in [-0.25, -0.2) is 4.79 Å². The van der Waals surface area contributed by atoms with Crippen molar-refractivity contribution in [3.05, 3.63) is 29.8 Å². The lowest BCUT2D eigenvalue weighted by molar-refractivity contribution is 0.0631. The molecule has 1 rings (SSSR count).